The fourth-order valence-electron chi connectivity index (χ4n) is 1.45. The van der Waals surface area contributed by atoms with Crippen LogP contribution in [0, 0.1) is 0 Å². The predicted molar refractivity (Wildman–Crippen MR) is 65.9 cm³/mol. The van der Waals surface area contributed by atoms with E-state index in [1.54, 1.807) is 23.0 Å². The fourth-order valence-corrected chi connectivity index (χ4v) is 1.45. The van der Waals surface area contributed by atoms with Crippen molar-refractivity contribution >= 4 is 11.7 Å². The normalized spacial score (nSPS) is 10.2. The van der Waals surface area contributed by atoms with Crippen molar-refractivity contribution in [1.29, 1.82) is 0 Å². The molecule has 2 aromatic rings. The molecule has 0 unspecified atom stereocenters. The minimum absolute atomic E-state index is 0.406. The number of carbonyl (C=O) groups is 1. The van der Waals surface area contributed by atoms with Crippen molar-refractivity contribution < 1.29 is 4.79 Å². The lowest BCUT2D eigenvalue weighted by Crippen LogP contribution is -2.12. The molecule has 0 saturated carbocycles. The van der Waals surface area contributed by atoms with Gasteiger partial charge in [-0.2, -0.15) is 0 Å². The van der Waals surface area contributed by atoms with Crippen molar-refractivity contribution in [2.45, 2.75) is 13.0 Å². The minimum atomic E-state index is -0.472. The van der Waals surface area contributed by atoms with E-state index in [1.807, 2.05) is 6.20 Å². The van der Waals surface area contributed by atoms with Crippen LogP contribution in [0.25, 0.3) is 0 Å². The molecule has 2 aromatic heterocycles. The van der Waals surface area contributed by atoms with Gasteiger partial charge in [-0.15, -0.1) is 5.10 Å². The summed E-state index contributed by atoms with van der Waals surface area (Å²) in [5.74, 6) is 0.249. The van der Waals surface area contributed by atoms with Crippen molar-refractivity contribution in [2.24, 2.45) is 5.73 Å². The van der Waals surface area contributed by atoms with E-state index in [2.05, 4.69) is 20.6 Å². The monoisotopic (exact) mass is 246 g/mol. The van der Waals surface area contributed by atoms with Gasteiger partial charge in [0.05, 0.1) is 11.8 Å². The Hall–Kier alpha value is -2.44. The van der Waals surface area contributed by atoms with Crippen molar-refractivity contribution in [3.63, 3.8) is 0 Å². The van der Waals surface area contributed by atoms with Crippen molar-refractivity contribution in [3.8, 4) is 0 Å². The van der Waals surface area contributed by atoms with Gasteiger partial charge in [0.2, 0.25) is 5.91 Å². The number of rotatable bonds is 6. The Morgan fingerprint density at radius 3 is 2.94 bits per heavy atom. The van der Waals surface area contributed by atoms with Gasteiger partial charge in [0, 0.05) is 25.5 Å². The topological polar surface area (TPSA) is 98.7 Å². The molecule has 0 atom stereocenters. The highest BCUT2D eigenvalue weighted by molar-refractivity contribution is 5.92. The van der Waals surface area contributed by atoms with Gasteiger partial charge in [-0.05, 0) is 18.6 Å². The molecule has 0 aliphatic rings. The van der Waals surface area contributed by atoms with Crippen LogP contribution in [0.1, 0.15) is 16.8 Å². The Morgan fingerprint density at radius 2 is 2.33 bits per heavy atom. The number of aryl methyl sites for hydroxylation is 1. The van der Waals surface area contributed by atoms with E-state index in [9.17, 15) is 4.79 Å². The summed E-state index contributed by atoms with van der Waals surface area (Å²) in [6.07, 6.45) is 5.84. The number of nitrogens with two attached hydrogens (primary N) is 1. The first-order chi connectivity index (χ1) is 8.75. The molecule has 2 rings (SSSR count). The van der Waals surface area contributed by atoms with Crippen LogP contribution >= 0.6 is 0 Å². The number of hydrogen-bond acceptors (Lipinski definition) is 5. The molecule has 0 saturated heterocycles. The Kier molecular flexibility index (Phi) is 3.85. The maximum atomic E-state index is 10.9. The zero-order valence-corrected chi connectivity index (χ0v) is 9.78. The van der Waals surface area contributed by atoms with Gasteiger partial charge >= 0.3 is 0 Å². The van der Waals surface area contributed by atoms with E-state index in [0.29, 0.717) is 5.56 Å². The maximum absolute atomic E-state index is 10.9. The first kappa shape index (κ1) is 12.0. The minimum Gasteiger partial charge on any atom is -0.370 e. The third kappa shape index (κ3) is 3.27. The third-order valence-electron chi connectivity index (χ3n) is 2.39. The highest BCUT2D eigenvalue weighted by Gasteiger charge is 2.00. The van der Waals surface area contributed by atoms with Crippen LogP contribution in [-0.4, -0.2) is 32.4 Å². The summed E-state index contributed by atoms with van der Waals surface area (Å²) >= 11 is 0. The molecule has 0 bridgehead atoms. The molecule has 1 amide bonds. The van der Waals surface area contributed by atoms with Gasteiger partial charge in [0.1, 0.15) is 5.82 Å². The second-order valence-electron chi connectivity index (χ2n) is 3.74. The SMILES string of the molecule is NC(=O)c1ccc(NCCCn2ccnn2)nc1. The van der Waals surface area contributed by atoms with Gasteiger partial charge in [0.15, 0.2) is 0 Å². The Morgan fingerprint density at radius 1 is 1.44 bits per heavy atom. The van der Waals surface area contributed by atoms with Crippen LogP contribution < -0.4 is 11.1 Å². The average molecular weight is 246 g/mol. The molecule has 7 nitrogen and oxygen atoms in total. The molecule has 0 radical (unpaired) electrons. The second-order valence-corrected chi connectivity index (χ2v) is 3.74. The summed E-state index contributed by atoms with van der Waals surface area (Å²) in [6, 6.07) is 3.38. The molecular formula is C11H14N6O. The Bertz CT molecular complexity index is 493. The first-order valence-electron chi connectivity index (χ1n) is 5.59. The zero-order valence-electron chi connectivity index (χ0n) is 9.78. The summed E-state index contributed by atoms with van der Waals surface area (Å²) in [7, 11) is 0. The van der Waals surface area contributed by atoms with Crippen LogP contribution in [0.4, 0.5) is 5.82 Å². The molecule has 2 heterocycles. The fraction of sp³-hybridized carbons (Fsp3) is 0.273. The number of hydrogen-bond donors (Lipinski definition) is 2. The van der Waals surface area contributed by atoms with Crippen LogP contribution in [0.3, 0.4) is 0 Å². The number of anilines is 1. The first-order valence-corrected chi connectivity index (χ1v) is 5.59. The van der Waals surface area contributed by atoms with Gasteiger partial charge in [-0.25, -0.2) is 4.98 Å². The number of carbonyl (C=O) groups excluding carboxylic acids is 1. The summed E-state index contributed by atoms with van der Waals surface area (Å²) < 4.78 is 1.77. The maximum Gasteiger partial charge on any atom is 0.250 e. The number of pyridine rings is 1. The van der Waals surface area contributed by atoms with Crippen LogP contribution in [0.2, 0.25) is 0 Å². The molecule has 18 heavy (non-hydrogen) atoms. The third-order valence-corrected chi connectivity index (χ3v) is 2.39. The van der Waals surface area contributed by atoms with E-state index in [4.69, 9.17) is 5.73 Å². The van der Waals surface area contributed by atoms with Crippen molar-refractivity contribution in [2.75, 3.05) is 11.9 Å². The molecule has 94 valence electrons. The average Bonchev–Trinajstić information content (AvgIpc) is 2.88. The molecule has 0 aliphatic carbocycles. The van der Waals surface area contributed by atoms with E-state index in [1.165, 1.54) is 6.20 Å². The number of amides is 1. The summed E-state index contributed by atoms with van der Waals surface area (Å²) in [5.41, 5.74) is 5.53. The molecule has 7 heteroatoms. The van der Waals surface area contributed by atoms with Gasteiger partial charge in [-0.3, -0.25) is 9.48 Å². The number of primary amides is 1. The molecule has 0 spiro atoms. The lowest BCUT2D eigenvalue weighted by Gasteiger charge is -2.05. The lowest BCUT2D eigenvalue weighted by atomic mass is 10.3. The summed E-state index contributed by atoms with van der Waals surface area (Å²) in [5, 5.41) is 10.7. The van der Waals surface area contributed by atoms with E-state index in [-0.39, 0.29) is 0 Å². The lowest BCUT2D eigenvalue weighted by molar-refractivity contribution is 0.1000. The molecule has 3 N–H and O–H groups in total. The van der Waals surface area contributed by atoms with E-state index >= 15 is 0 Å². The molecule has 0 aromatic carbocycles. The molecular weight excluding hydrogens is 232 g/mol. The highest BCUT2D eigenvalue weighted by Crippen LogP contribution is 2.04. The number of aromatic nitrogens is 4. The smallest absolute Gasteiger partial charge is 0.250 e. The van der Waals surface area contributed by atoms with Crippen molar-refractivity contribution in [1.82, 2.24) is 20.0 Å². The Balaban J connectivity index is 1.75. The Labute approximate surface area is 104 Å². The van der Waals surface area contributed by atoms with E-state index < -0.39 is 5.91 Å². The standard InChI is InChI=1S/C11H14N6O/c12-11(18)9-2-3-10(14-8-9)13-4-1-6-17-7-5-15-16-17/h2-3,5,7-8H,1,4,6H2,(H2,12,18)(H,13,14). The van der Waals surface area contributed by atoms with Crippen LogP contribution in [-0.2, 0) is 6.54 Å². The largest absolute Gasteiger partial charge is 0.370 e. The second kappa shape index (κ2) is 5.76. The summed E-state index contributed by atoms with van der Waals surface area (Å²) in [6.45, 7) is 1.56. The van der Waals surface area contributed by atoms with E-state index in [0.717, 1.165) is 25.3 Å². The number of nitrogens with zero attached hydrogens (tertiary/aromatic N) is 4. The molecule has 0 fully saturated rings. The zero-order chi connectivity index (χ0) is 12.8. The highest BCUT2D eigenvalue weighted by atomic mass is 16.1. The van der Waals surface area contributed by atoms with Gasteiger partial charge in [0.25, 0.3) is 0 Å². The van der Waals surface area contributed by atoms with Crippen LogP contribution in [0.15, 0.2) is 30.7 Å². The van der Waals surface area contributed by atoms with Gasteiger partial charge in [-0.1, -0.05) is 5.21 Å². The van der Waals surface area contributed by atoms with Crippen LogP contribution in [0.5, 0.6) is 0 Å². The molecule has 0 aliphatic heterocycles. The van der Waals surface area contributed by atoms with Gasteiger partial charge < -0.3 is 11.1 Å². The number of nitrogens with one attached hydrogen (secondary N) is 1. The summed E-state index contributed by atoms with van der Waals surface area (Å²) in [4.78, 5) is 14.9. The predicted octanol–water partition coefficient (Wildman–Crippen LogP) is 0.274. The quantitative estimate of drug-likeness (QED) is 0.713. The van der Waals surface area contributed by atoms with Crippen molar-refractivity contribution in [3.05, 3.63) is 36.3 Å².